The summed E-state index contributed by atoms with van der Waals surface area (Å²) in [5.41, 5.74) is 1.39. The van der Waals surface area contributed by atoms with Crippen molar-refractivity contribution in [2.45, 2.75) is 11.8 Å². The second-order valence-corrected chi connectivity index (χ2v) is 8.56. The number of sulfonamides is 1. The van der Waals surface area contributed by atoms with Crippen molar-refractivity contribution in [2.75, 3.05) is 26.0 Å². The Morgan fingerprint density at radius 3 is 2.34 bits per heavy atom. The van der Waals surface area contributed by atoms with E-state index in [9.17, 15) is 18.0 Å². The van der Waals surface area contributed by atoms with Crippen molar-refractivity contribution in [1.82, 2.24) is 9.29 Å². The highest BCUT2D eigenvalue weighted by molar-refractivity contribution is 7.89. The molecule has 9 heteroatoms. The number of amides is 1. The van der Waals surface area contributed by atoms with Crippen LogP contribution in [0, 0.1) is 0 Å². The van der Waals surface area contributed by atoms with E-state index in [1.54, 1.807) is 25.1 Å². The molecule has 0 radical (unpaired) electrons. The molecule has 1 heterocycles. The quantitative estimate of drug-likeness (QED) is 0.602. The lowest BCUT2D eigenvalue weighted by molar-refractivity contribution is 0.0522. The molecule has 0 spiro atoms. The highest BCUT2D eigenvalue weighted by Gasteiger charge is 2.22. The summed E-state index contributed by atoms with van der Waals surface area (Å²) in [6.07, 6.45) is 0. The van der Waals surface area contributed by atoms with E-state index >= 15 is 0 Å². The summed E-state index contributed by atoms with van der Waals surface area (Å²) < 4.78 is 30.5. The first-order valence-electron chi connectivity index (χ1n) is 8.87. The van der Waals surface area contributed by atoms with Gasteiger partial charge in [0.2, 0.25) is 10.0 Å². The minimum Gasteiger partial charge on any atom is -0.461 e. The lowest BCUT2D eigenvalue weighted by Crippen LogP contribution is -2.22. The number of anilines is 1. The van der Waals surface area contributed by atoms with Gasteiger partial charge in [-0.25, -0.2) is 17.5 Å². The summed E-state index contributed by atoms with van der Waals surface area (Å²) in [7, 11) is -0.718. The van der Waals surface area contributed by atoms with E-state index in [0.717, 1.165) is 4.31 Å². The topological polar surface area (TPSA) is 109 Å². The van der Waals surface area contributed by atoms with Crippen LogP contribution in [0.25, 0.3) is 10.9 Å². The zero-order chi connectivity index (χ0) is 21.2. The van der Waals surface area contributed by atoms with Gasteiger partial charge in [-0.3, -0.25) is 4.79 Å². The maximum absolute atomic E-state index is 12.7. The lowest BCUT2D eigenvalue weighted by Gasteiger charge is -2.12. The third kappa shape index (κ3) is 4.01. The molecule has 8 nitrogen and oxygen atoms in total. The Hall–Kier alpha value is -3.17. The molecule has 0 atom stereocenters. The van der Waals surface area contributed by atoms with Crippen LogP contribution >= 0.6 is 0 Å². The molecule has 0 aliphatic carbocycles. The van der Waals surface area contributed by atoms with Crippen LogP contribution in [-0.4, -0.2) is 50.3 Å². The maximum atomic E-state index is 12.7. The van der Waals surface area contributed by atoms with Gasteiger partial charge in [-0.2, -0.15) is 0 Å². The maximum Gasteiger partial charge on any atom is 0.356 e. The van der Waals surface area contributed by atoms with Crippen molar-refractivity contribution in [1.29, 1.82) is 0 Å². The van der Waals surface area contributed by atoms with Crippen LogP contribution in [-0.2, 0) is 14.8 Å². The second-order valence-electron chi connectivity index (χ2n) is 6.41. The number of para-hydroxylation sites is 1. The van der Waals surface area contributed by atoms with Gasteiger partial charge in [0.15, 0.2) is 0 Å². The third-order valence-electron chi connectivity index (χ3n) is 4.32. The van der Waals surface area contributed by atoms with Crippen molar-refractivity contribution in [2.24, 2.45) is 0 Å². The number of hydrogen-bond donors (Lipinski definition) is 2. The van der Waals surface area contributed by atoms with E-state index in [4.69, 9.17) is 4.74 Å². The van der Waals surface area contributed by atoms with Gasteiger partial charge in [0, 0.05) is 30.6 Å². The number of rotatable bonds is 6. The van der Waals surface area contributed by atoms with Gasteiger partial charge in [-0.15, -0.1) is 0 Å². The molecule has 0 saturated heterocycles. The summed E-state index contributed by atoms with van der Waals surface area (Å²) in [6.45, 7) is 1.89. The molecular weight excluding hydrogens is 394 g/mol. The number of esters is 1. The Morgan fingerprint density at radius 2 is 1.72 bits per heavy atom. The van der Waals surface area contributed by atoms with E-state index in [2.05, 4.69) is 10.3 Å². The van der Waals surface area contributed by atoms with Crippen LogP contribution in [0.1, 0.15) is 27.8 Å². The van der Waals surface area contributed by atoms with Crippen molar-refractivity contribution >= 4 is 38.5 Å². The highest BCUT2D eigenvalue weighted by atomic mass is 32.2. The number of nitrogens with one attached hydrogen (secondary N) is 2. The summed E-state index contributed by atoms with van der Waals surface area (Å²) in [4.78, 5) is 28.1. The highest BCUT2D eigenvalue weighted by Crippen LogP contribution is 2.29. The molecule has 0 bridgehead atoms. The molecule has 0 saturated carbocycles. The van der Waals surface area contributed by atoms with Crippen LogP contribution in [0.3, 0.4) is 0 Å². The number of carbonyl (C=O) groups excluding carboxylic acids is 2. The zero-order valence-electron chi connectivity index (χ0n) is 16.2. The number of aromatic nitrogens is 1. The van der Waals surface area contributed by atoms with E-state index in [0.29, 0.717) is 16.6 Å². The normalized spacial score (nSPS) is 11.6. The number of H-pyrrole nitrogens is 1. The Balaban J connectivity index is 1.94. The number of nitrogens with zero attached hydrogens (tertiary/aromatic N) is 1. The first-order valence-corrected chi connectivity index (χ1v) is 10.3. The van der Waals surface area contributed by atoms with Gasteiger partial charge in [0.05, 0.1) is 17.2 Å². The van der Waals surface area contributed by atoms with Crippen LogP contribution in [0.15, 0.2) is 53.4 Å². The smallest absolute Gasteiger partial charge is 0.356 e. The monoisotopic (exact) mass is 415 g/mol. The number of ether oxygens (including phenoxy) is 1. The van der Waals surface area contributed by atoms with E-state index < -0.39 is 21.9 Å². The van der Waals surface area contributed by atoms with Crippen molar-refractivity contribution in [3.8, 4) is 0 Å². The molecular formula is C20H21N3O5S. The van der Waals surface area contributed by atoms with Gasteiger partial charge in [-0.05, 0) is 37.3 Å². The number of aromatic amines is 1. The predicted octanol–water partition coefficient (Wildman–Crippen LogP) is 2.85. The molecule has 3 rings (SSSR count). The van der Waals surface area contributed by atoms with Crippen LogP contribution in [0.2, 0.25) is 0 Å². The zero-order valence-corrected chi connectivity index (χ0v) is 17.0. The van der Waals surface area contributed by atoms with Crippen LogP contribution in [0.5, 0.6) is 0 Å². The molecule has 2 aromatic carbocycles. The Bertz CT molecular complexity index is 1160. The van der Waals surface area contributed by atoms with Crippen molar-refractivity contribution in [3.05, 3.63) is 59.8 Å². The third-order valence-corrected chi connectivity index (χ3v) is 6.15. The van der Waals surface area contributed by atoms with Gasteiger partial charge >= 0.3 is 5.97 Å². The number of carbonyl (C=O) groups is 2. The average Bonchev–Trinajstić information content (AvgIpc) is 3.07. The predicted molar refractivity (Wildman–Crippen MR) is 110 cm³/mol. The molecule has 0 unspecified atom stereocenters. The minimum atomic E-state index is -3.59. The van der Waals surface area contributed by atoms with E-state index in [1.165, 1.54) is 38.4 Å². The molecule has 0 fully saturated rings. The second kappa shape index (κ2) is 8.06. The molecule has 1 amide bonds. The van der Waals surface area contributed by atoms with Crippen LogP contribution < -0.4 is 5.32 Å². The van der Waals surface area contributed by atoms with Gasteiger partial charge in [0.1, 0.15) is 5.69 Å². The number of benzene rings is 2. The van der Waals surface area contributed by atoms with Crippen LogP contribution in [0.4, 0.5) is 5.69 Å². The number of hydrogen-bond acceptors (Lipinski definition) is 5. The van der Waals surface area contributed by atoms with E-state index in [-0.39, 0.29) is 22.8 Å². The summed E-state index contributed by atoms with van der Waals surface area (Å²) >= 11 is 0. The summed E-state index contributed by atoms with van der Waals surface area (Å²) in [5, 5.41) is 3.40. The minimum absolute atomic E-state index is 0.0818. The standard InChI is InChI=1S/C20H21N3O5S/c1-4-28-20(25)18-17(15-7-5-6-8-16(15)21-18)22-19(24)13-9-11-14(12-10-13)29(26,27)23(2)3/h5-12,21H,4H2,1-3H3,(H,22,24). The fourth-order valence-electron chi connectivity index (χ4n) is 2.80. The first-order chi connectivity index (χ1) is 13.8. The molecule has 152 valence electrons. The lowest BCUT2D eigenvalue weighted by atomic mass is 10.2. The summed E-state index contributed by atoms with van der Waals surface area (Å²) in [6, 6.07) is 12.7. The molecule has 0 aliphatic rings. The van der Waals surface area contributed by atoms with Gasteiger partial charge in [-0.1, -0.05) is 18.2 Å². The van der Waals surface area contributed by atoms with Gasteiger partial charge in [0.25, 0.3) is 5.91 Å². The molecule has 3 aromatic rings. The van der Waals surface area contributed by atoms with Gasteiger partial charge < -0.3 is 15.0 Å². The van der Waals surface area contributed by atoms with Crippen molar-refractivity contribution in [3.63, 3.8) is 0 Å². The Labute approximate surface area is 168 Å². The number of fused-ring (bicyclic) bond motifs is 1. The van der Waals surface area contributed by atoms with E-state index in [1.807, 2.05) is 6.07 Å². The molecule has 29 heavy (non-hydrogen) atoms. The summed E-state index contributed by atoms with van der Waals surface area (Å²) in [5.74, 6) is -1.06. The Morgan fingerprint density at radius 1 is 1.07 bits per heavy atom. The largest absolute Gasteiger partial charge is 0.461 e. The molecule has 2 N–H and O–H groups in total. The van der Waals surface area contributed by atoms with Crippen molar-refractivity contribution < 1.29 is 22.7 Å². The SMILES string of the molecule is CCOC(=O)c1[nH]c2ccccc2c1NC(=O)c1ccc(S(=O)(=O)N(C)C)cc1. The Kier molecular flexibility index (Phi) is 5.71. The fourth-order valence-corrected chi connectivity index (χ4v) is 3.70. The fraction of sp³-hybridized carbons (Fsp3) is 0.200. The average molecular weight is 415 g/mol. The molecule has 0 aliphatic heterocycles. The first kappa shape index (κ1) is 20.6. The molecule has 1 aromatic heterocycles.